The van der Waals surface area contributed by atoms with E-state index in [4.69, 9.17) is 5.73 Å². The number of hydrogen-bond donors (Lipinski definition) is 2. The maximum Gasteiger partial charge on any atom is 0.240 e. The van der Waals surface area contributed by atoms with Gasteiger partial charge in [-0.15, -0.1) is 11.3 Å². The zero-order valence-corrected chi connectivity index (χ0v) is 13.3. The van der Waals surface area contributed by atoms with Crippen molar-refractivity contribution in [1.82, 2.24) is 9.88 Å². The predicted molar refractivity (Wildman–Crippen MR) is 89.1 cm³/mol. The van der Waals surface area contributed by atoms with Gasteiger partial charge >= 0.3 is 0 Å². The smallest absolute Gasteiger partial charge is 0.240 e. The molecular weight excluding hydrogens is 296 g/mol. The molecule has 5 nitrogen and oxygen atoms in total. The molecule has 0 bridgehead atoms. The Morgan fingerprint density at radius 3 is 2.86 bits per heavy atom. The lowest BCUT2D eigenvalue weighted by atomic mass is 9.95. The summed E-state index contributed by atoms with van der Waals surface area (Å²) < 4.78 is 0. The van der Waals surface area contributed by atoms with Crippen molar-refractivity contribution in [3.8, 4) is 0 Å². The van der Waals surface area contributed by atoms with E-state index < -0.39 is 0 Å². The number of benzene rings is 1. The second kappa shape index (κ2) is 6.56. The first-order valence-electron chi connectivity index (χ1n) is 7.36. The molecule has 3 rings (SSSR count). The second-order valence-corrected chi connectivity index (χ2v) is 6.58. The Bertz CT molecular complexity index is 643. The number of carbonyl (C=O) groups is 1. The number of aryl methyl sites for hydroxylation is 1. The third-order valence-electron chi connectivity index (χ3n) is 3.90. The van der Waals surface area contributed by atoms with Gasteiger partial charge in [0.1, 0.15) is 0 Å². The van der Waals surface area contributed by atoms with Gasteiger partial charge in [0.2, 0.25) is 5.91 Å². The normalized spacial score (nSPS) is 21.9. The molecule has 2 atom stereocenters. The average Bonchev–Trinajstić information content (AvgIpc) is 3.05. The van der Waals surface area contributed by atoms with Crippen LogP contribution in [0, 0.1) is 6.92 Å². The van der Waals surface area contributed by atoms with Gasteiger partial charge in [0.15, 0.2) is 5.13 Å². The number of amides is 1. The predicted octanol–water partition coefficient (Wildman–Crippen LogP) is 1.82. The van der Waals surface area contributed by atoms with Crippen molar-refractivity contribution in [2.45, 2.75) is 18.9 Å². The van der Waals surface area contributed by atoms with E-state index in [1.165, 1.54) is 16.9 Å². The summed E-state index contributed by atoms with van der Waals surface area (Å²) in [7, 11) is 0. The van der Waals surface area contributed by atoms with Gasteiger partial charge in [-0.3, -0.25) is 9.69 Å². The maximum absolute atomic E-state index is 12.1. The molecule has 6 heteroatoms. The van der Waals surface area contributed by atoms with Crippen LogP contribution in [0.3, 0.4) is 0 Å². The van der Waals surface area contributed by atoms with Crippen molar-refractivity contribution >= 4 is 22.4 Å². The summed E-state index contributed by atoms with van der Waals surface area (Å²) in [6.07, 6.45) is 0. The van der Waals surface area contributed by atoms with Crippen LogP contribution < -0.4 is 11.1 Å². The van der Waals surface area contributed by atoms with Crippen LogP contribution in [-0.4, -0.2) is 41.5 Å². The highest BCUT2D eigenvalue weighted by Gasteiger charge is 2.32. The van der Waals surface area contributed by atoms with Crippen LogP contribution >= 0.6 is 11.3 Å². The van der Waals surface area contributed by atoms with Gasteiger partial charge < -0.3 is 11.1 Å². The Morgan fingerprint density at radius 2 is 2.18 bits per heavy atom. The van der Waals surface area contributed by atoms with Crippen molar-refractivity contribution in [2.24, 2.45) is 5.73 Å². The summed E-state index contributed by atoms with van der Waals surface area (Å²) in [6.45, 7) is 3.82. The Labute approximate surface area is 134 Å². The molecule has 2 aromatic rings. The van der Waals surface area contributed by atoms with Crippen molar-refractivity contribution in [2.75, 3.05) is 25.0 Å². The first kappa shape index (κ1) is 15.1. The Kier molecular flexibility index (Phi) is 4.52. The number of likely N-dealkylation sites (tertiary alicyclic amines) is 1. The molecule has 22 heavy (non-hydrogen) atoms. The van der Waals surface area contributed by atoms with Gasteiger partial charge in [-0.1, -0.05) is 30.3 Å². The number of carbonyl (C=O) groups excluding carboxylic acids is 1. The number of rotatable bonds is 4. The van der Waals surface area contributed by atoms with E-state index in [0.717, 1.165) is 18.8 Å². The number of thiazole rings is 1. The topological polar surface area (TPSA) is 71.2 Å². The van der Waals surface area contributed by atoms with Crippen molar-refractivity contribution in [3.05, 3.63) is 47.0 Å². The van der Waals surface area contributed by atoms with E-state index >= 15 is 0 Å². The van der Waals surface area contributed by atoms with Gasteiger partial charge in [0, 0.05) is 30.4 Å². The monoisotopic (exact) mass is 316 g/mol. The van der Waals surface area contributed by atoms with Crippen LogP contribution in [0.4, 0.5) is 5.13 Å². The lowest BCUT2D eigenvalue weighted by Crippen LogP contribution is -2.33. The Balaban J connectivity index is 1.57. The van der Waals surface area contributed by atoms with Gasteiger partial charge in [-0.25, -0.2) is 4.98 Å². The molecule has 1 saturated heterocycles. The molecule has 1 aromatic carbocycles. The third kappa shape index (κ3) is 3.52. The zero-order chi connectivity index (χ0) is 15.5. The molecule has 1 aromatic heterocycles. The van der Waals surface area contributed by atoms with Gasteiger partial charge in [-0.2, -0.15) is 0 Å². The van der Waals surface area contributed by atoms with Gasteiger partial charge in [0.05, 0.1) is 12.2 Å². The highest BCUT2D eigenvalue weighted by molar-refractivity contribution is 7.13. The quantitative estimate of drug-likeness (QED) is 0.902. The Morgan fingerprint density at radius 1 is 1.41 bits per heavy atom. The standard InChI is InChI=1S/C16H20N4OS/c1-11-10-22-16(18-11)19-15(21)9-20-7-13(14(17)8-20)12-5-3-2-4-6-12/h2-6,10,13-14H,7-9,17H2,1H3,(H,18,19,21)/t13-,14+/m0/s1. The number of aromatic nitrogens is 1. The minimum Gasteiger partial charge on any atom is -0.326 e. The molecule has 0 saturated carbocycles. The molecule has 116 valence electrons. The fourth-order valence-electron chi connectivity index (χ4n) is 2.87. The average molecular weight is 316 g/mol. The summed E-state index contributed by atoms with van der Waals surface area (Å²) in [6, 6.07) is 10.3. The molecule has 0 spiro atoms. The van der Waals surface area contributed by atoms with Gasteiger partial charge in [-0.05, 0) is 12.5 Å². The largest absolute Gasteiger partial charge is 0.326 e. The van der Waals surface area contributed by atoms with Crippen molar-refractivity contribution in [3.63, 3.8) is 0 Å². The van der Waals surface area contributed by atoms with Crippen LogP contribution in [0.5, 0.6) is 0 Å². The van der Waals surface area contributed by atoms with Crippen LogP contribution in [0.15, 0.2) is 35.7 Å². The number of nitrogens with zero attached hydrogens (tertiary/aromatic N) is 2. The van der Waals surface area contributed by atoms with Crippen LogP contribution in [0.2, 0.25) is 0 Å². The second-order valence-electron chi connectivity index (χ2n) is 5.72. The molecule has 0 aliphatic carbocycles. The summed E-state index contributed by atoms with van der Waals surface area (Å²) in [5.74, 6) is 0.256. The van der Waals surface area contributed by atoms with Gasteiger partial charge in [0.25, 0.3) is 0 Å². The van der Waals surface area contributed by atoms with E-state index in [2.05, 4.69) is 27.3 Å². The van der Waals surface area contributed by atoms with E-state index in [1.807, 2.05) is 30.5 Å². The molecule has 2 heterocycles. The van der Waals surface area contributed by atoms with E-state index in [1.54, 1.807) is 0 Å². The minimum absolute atomic E-state index is 0.0322. The molecule has 1 fully saturated rings. The summed E-state index contributed by atoms with van der Waals surface area (Å²) in [5, 5.41) is 5.43. The third-order valence-corrected chi connectivity index (χ3v) is 4.78. The lowest BCUT2D eigenvalue weighted by Gasteiger charge is -2.15. The molecule has 0 unspecified atom stereocenters. The number of hydrogen-bond acceptors (Lipinski definition) is 5. The highest BCUT2D eigenvalue weighted by atomic mass is 32.1. The zero-order valence-electron chi connectivity index (χ0n) is 12.5. The van der Waals surface area contributed by atoms with Crippen molar-refractivity contribution < 1.29 is 4.79 Å². The molecule has 1 aliphatic rings. The molecule has 0 radical (unpaired) electrons. The molecule has 1 aliphatic heterocycles. The fraction of sp³-hybridized carbons (Fsp3) is 0.375. The minimum atomic E-state index is -0.0322. The number of nitrogens with one attached hydrogen (secondary N) is 1. The molecule has 3 N–H and O–H groups in total. The first-order chi connectivity index (χ1) is 10.6. The molecular formula is C16H20N4OS. The fourth-order valence-corrected chi connectivity index (χ4v) is 3.57. The van der Waals surface area contributed by atoms with E-state index in [9.17, 15) is 4.79 Å². The highest BCUT2D eigenvalue weighted by Crippen LogP contribution is 2.26. The lowest BCUT2D eigenvalue weighted by molar-refractivity contribution is -0.117. The van der Waals surface area contributed by atoms with E-state index in [-0.39, 0.29) is 17.9 Å². The van der Waals surface area contributed by atoms with Crippen LogP contribution in [0.1, 0.15) is 17.2 Å². The van der Waals surface area contributed by atoms with Crippen molar-refractivity contribution in [1.29, 1.82) is 0 Å². The summed E-state index contributed by atoms with van der Waals surface area (Å²) >= 11 is 1.45. The van der Waals surface area contributed by atoms with Crippen LogP contribution in [0.25, 0.3) is 0 Å². The SMILES string of the molecule is Cc1csc(NC(=O)CN2C[C@@H](N)[C@H](c3ccccc3)C2)n1. The molecule has 1 amide bonds. The summed E-state index contributed by atoms with van der Waals surface area (Å²) in [4.78, 5) is 18.5. The van der Waals surface area contributed by atoms with Crippen LogP contribution in [-0.2, 0) is 4.79 Å². The maximum atomic E-state index is 12.1. The summed E-state index contributed by atoms with van der Waals surface area (Å²) in [5.41, 5.74) is 8.42. The van der Waals surface area contributed by atoms with E-state index in [0.29, 0.717) is 11.7 Å². The number of nitrogens with two attached hydrogens (primary N) is 1. The first-order valence-corrected chi connectivity index (χ1v) is 8.24. The Hall–Kier alpha value is -1.76. The number of anilines is 1.